The molecule has 26 heavy (non-hydrogen) atoms. The molecule has 0 bridgehead atoms. The van der Waals surface area contributed by atoms with Gasteiger partial charge >= 0.3 is 0 Å². The molecular weight excluding hydrogens is 352 g/mol. The Labute approximate surface area is 154 Å². The van der Waals surface area contributed by atoms with E-state index in [0.29, 0.717) is 11.4 Å². The molecule has 140 valence electrons. The summed E-state index contributed by atoms with van der Waals surface area (Å²) in [7, 11) is -2.00. The number of ether oxygens (including phenoxy) is 1. The highest BCUT2D eigenvalue weighted by Gasteiger charge is 2.22. The Morgan fingerprint density at radius 2 is 1.73 bits per heavy atom. The van der Waals surface area contributed by atoms with Crippen LogP contribution in [0.5, 0.6) is 5.75 Å². The van der Waals surface area contributed by atoms with Gasteiger partial charge in [-0.25, -0.2) is 8.42 Å². The average Bonchev–Trinajstić information content (AvgIpc) is 2.60. The molecule has 0 saturated carbocycles. The molecule has 0 aliphatic rings. The first-order chi connectivity index (χ1) is 12.2. The minimum absolute atomic E-state index is 0.124. The molecule has 0 radical (unpaired) electrons. The van der Waals surface area contributed by atoms with Crippen LogP contribution in [0.4, 0.5) is 5.69 Å². The molecule has 0 fully saturated rings. The Bertz CT molecular complexity index is 861. The Hall–Kier alpha value is -2.38. The van der Waals surface area contributed by atoms with Crippen LogP contribution < -0.4 is 10.1 Å². The SMILES string of the molecule is Cc1ccccc1OCC(=O)Nc1ccc(S(=O)(=O)N(C)C(C)C)cc1. The van der Waals surface area contributed by atoms with E-state index in [9.17, 15) is 13.2 Å². The third-order valence-electron chi connectivity index (χ3n) is 3.99. The van der Waals surface area contributed by atoms with Gasteiger partial charge < -0.3 is 10.1 Å². The van der Waals surface area contributed by atoms with Crippen molar-refractivity contribution in [3.05, 3.63) is 54.1 Å². The maximum Gasteiger partial charge on any atom is 0.262 e. The van der Waals surface area contributed by atoms with E-state index in [0.717, 1.165) is 5.56 Å². The second-order valence-electron chi connectivity index (χ2n) is 6.24. The van der Waals surface area contributed by atoms with Gasteiger partial charge in [0.05, 0.1) is 4.90 Å². The highest BCUT2D eigenvalue weighted by molar-refractivity contribution is 7.89. The van der Waals surface area contributed by atoms with E-state index in [4.69, 9.17) is 4.74 Å². The summed E-state index contributed by atoms with van der Waals surface area (Å²) in [5.41, 5.74) is 1.46. The lowest BCUT2D eigenvalue weighted by Gasteiger charge is -2.21. The number of hydrogen-bond donors (Lipinski definition) is 1. The highest BCUT2D eigenvalue weighted by Crippen LogP contribution is 2.19. The summed E-state index contributed by atoms with van der Waals surface area (Å²) < 4.78 is 31.6. The zero-order chi connectivity index (χ0) is 19.3. The molecular formula is C19H24N2O4S. The lowest BCUT2D eigenvalue weighted by molar-refractivity contribution is -0.118. The number of amides is 1. The van der Waals surface area contributed by atoms with Gasteiger partial charge in [0.1, 0.15) is 5.75 Å². The van der Waals surface area contributed by atoms with E-state index in [-0.39, 0.29) is 23.5 Å². The fourth-order valence-corrected chi connectivity index (χ4v) is 3.58. The second kappa shape index (κ2) is 8.33. The minimum Gasteiger partial charge on any atom is -0.483 e. The Morgan fingerprint density at radius 1 is 1.12 bits per heavy atom. The van der Waals surface area contributed by atoms with Crippen LogP contribution in [0, 0.1) is 6.92 Å². The quantitative estimate of drug-likeness (QED) is 0.806. The number of hydrogen-bond acceptors (Lipinski definition) is 4. The van der Waals surface area contributed by atoms with E-state index in [1.807, 2.05) is 25.1 Å². The zero-order valence-electron chi connectivity index (χ0n) is 15.4. The smallest absolute Gasteiger partial charge is 0.262 e. The molecule has 0 spiro atoms. The van der Waals surface area contributed by atoms with Gasteiger partial charge in [-0.2, -0.15) is 4.31 Å². The van der Waals surface area contributed by atoms with E-state index in [2.05, 4.69) is 5.32 Å². The van der Waals surface area contributed by atoms with E-state index < -0.39 is 10.0 Å². The third-order valence-corrected chi connectivity index (χ3v) is 6.04. The molecule has 1 N–H and O–H groups in total. The number of nitrogens with one attached hydrogen (secondary N) is 1. The van der Waals surface area contributed by atoms with Crippen LogP contribution in [-0.4, -0.2) is 38.3 Å². The molecule has 0 saturated heterocycles. The van der Waals surface area contributed by atoms with Crippen molar-refractivity contribution in [2.24, 2.45) is 0 Å². The van der Waals surface area contributed by atoms with Gasteiger partial charge in [0, 0.05) is 18.8 Å². The monoisotopic (exact) mass is 376 g/mol. The summed E-state index contributed by atoms with van der Waals surface area (Å²) >= 11 is 0. The largest absolute Gasteiger partial charge is 0.483 e. The van der Waals surface area contributed by atoms with E-state index in [1.54, 1.807) is 39.1 Å². The minimum atomic E-state index is -3.54. The van der Waals surface area contributed by atoms with Crippen LogP contribution in [0.1, 0.15) is 19.4 Å². The summed E-state index contributed by atoms with van der Waals surface area (Å²) in [5.74, 6) is 0.337. The van der Waals surface area contributed by atoms with E-state index in [1.165, 1.54) is 16.4 Å². The maximum atomic E-state index is 12.4. The van der Waals surface area contributed by atoms with Crippen molar-refractivity contribution in [2.45, 2.75) is 31.7 Å². The van der Waals surface area contributed by atoms with Crippen LogP contribution in [-0.2, 0) is 14.8 Å². The Kier molecular flexibility index (Phi) is 6.39. The molecule has 2 aromatic rings. The van der Waals surface area contributed by atoms with Gasteiger partial charge in [-0.3, -0.25) is 4.79 Å². The fraction of sp³-hybridized carbons (Fsp3) is 0.316. The molecule has 0 aliphatic carbocycles. The predicted molar refractivity (Wildman–Crippen MR) is 102 cm³/mol. The molecule has 2 aromatic carbocycles. The first-order valence-electron chi connectivity index (χ1n) is 8.28. The normalized spacial score (nSPS) is 11.6. The number of para-hydroxylation sites is 1. The number of aryl methyl sites for hydroxylation is 1. The number of carbonyl (C=O) groups is 1. The average molecular weight is 376 g/mol. The van der Waals surface area contributed by atoms with Gasteiger partial charge in [0.2, 0.25) is 10.0 Å². The Balaban J connectivity index is 1.98. The molecule has 0 aromatic heterocycles. The van der Waals surface area contributed by atoms with Crippen LogP contribution in [0.15, 0.2) is 53.4 Å². The molecule has 2 rings (SSSR count). The van der Waals surface area contributed by atoms with Gasteiger partial charge in [0.15, 0.2) is 6.61 Å². The van der Waals surface area contributed by atoms with Gasteiger partial charge in [-0.1, -0.05) is 18.2 Å². The second-order valence-corrected chi connectivity index (χ2v) is 8.24. The van der Waals surface area contributed by atoms with Gasteiger partial charge in [0.25, 0.3) is 5.91 Å². The third kappa shape index (κ3) is 4.83. The molecule has 0 unspecified atom stereocenters. The van der Waals surface area contributed by atoms with E-state index >= 15 is 0 Å². The number of nitrogens with zero attached hydrogens (tertiary/aromatic N) is 1. The lowest BCUT2D eigenvalue weighted by atomic mass is 10.2. The summed E-state index contributed by atoms with van der Waals surface area (Å²) in [6.45, 7) is 5.39. The van der Waals surface area contributed by atoms with Crippen molar-refractivity contribution in [3.8, 4) is 5.75 Å². The first kappa shape index (κ1) is 19.9. The topological polar surface area (TPSA) is 75.7 Å². The van der Waals surface area contributed by atoms with Crippen LogP contribution in [0.25, 0.3) is 0 Å². The van der Waals surface area contributed by atoms with Crippen LogP contribution in [0.2, 0.25) is 0 Å². The molecule has 1 amide bonds. The molecule has 0 heterocycles. The van der Waals surface area contributed by atoms with Crippen LogP contribution in [0.3, 0.4) is 0 Å². The van der Waals surface area contributed by atoms with Crippen molar-refractivity contribution in [2.75, 3.05) is 19.0 Å². The predicted octanol–water partition coefficient (Wildman–Crippen LogP) is 3.04. The number of anilines is 1. The summed E-state index contributed by atoms with van der Waals surface area (Å²) in [4.78, 5) is 12.2. The number of benzene rings is 2. The highest BCUT2D eigenvalue weighted by atomic mass is 32.2. The lowest BCUT2D eigenvalue weighted by Crippen LogP contribution is -2.33. The van der Waals surface area contributed by atoms with Crippen molar-refractivity contribution < 1.29 is 17.9 Å². The molecule has 7 heteroatoms. The van der Waals surface area contributed by atoms with Gasteiger partial charge in [-0.05, 0) is 56.7 Å². The number of sulfonamides is 1. The van der Waals surface area contributed by atoms with Gasteiger partial charge in [-0.15, -0.1) is 0 Å². The Morgan fingerprint density at radius 3 is 2.31 bits per heavy atom. The molecule has 0 atom stereocenters. The fourth-order valence-electron chi connectivity index (χ4n) is 2.21. The zero-order valence-corrected chi connectivity index (χ0v) is 16.2. The maximum absolute atomic E-state index is 12.4. The summed E-state index contributed by atoms with van der Waals surface area (Å²) in [6, 6.07) is 13.4. The first-order valence-corrected chi connectivity index (χ1v) is 9.72. The summed E-state index contributed by atoms with van der Waals surface area (Å²) in [6.07, 6.45) is 0. The van der Waals surface area contributed by atoms with Crippen molar-refractivity contribution in [1.29, 1.82) is 0 Å². The standard InChI is InChI=1S/C19H24N2O4S/c1-14(2)21(4)26(23,24)17-11-9-16(10-12-17)20-19(22)13-25-18-8-6-5-7-15(18)3/h5-12,14H,13H2,1-4H3,(H,20,22). The van der Waals surface area contributed by atoms with Crippen LogP contribution >= 0.6 is 0 Å². The molecule has 6 nitrogen and oxygen atoms in total. The molecule has 0 aliphatic heterocycles. The van der Waals surface area contributed by atoms with Crippen molar-refractivity contribution >= 4 is 21.6 Å². The summed E-state index contributed by atoms with van der Waals surface area (Å²) in [5, 5.41) is 2.69. The number of rotatable bonds is 7. The van der Waals surface area contributed by atoms with Crippen molar-refractivity contribution in [1.82, 2.24) is 4.31 Å². The number of carbonyl (C=O) groups excluding carboxylic acids is 1. The van der Waals surface area contributed by atoms with Crippen molar-refractivity contribution in [3.63, 3.8) is 0 Å².